The Hall–Kier alpha value is -1.41. The first-order chi connectivity index (χ1) is 10.0. The molecule has 2 aromatic rings. The van der Waals surface area contributed by atoms with Crippen LogP contribution in [0.3, 0.4) is 0 Å². The Morgan fingerprint density at radius 1 is 1.05 bits per heavy atom. The summed E-state index contributed by atoms with van der Waals surface area (Å²) in [5, 5.41) is 5.33. The number of halogens is 2. The van der Waals surface area contributed by atoms with Gasteiger partial charge >= 0.3 is 0 Å². The van der Waals surface area contributed by atoms with Gasteiger partial charge in [0.15, 0.2) is 0 Å². The van der Waals surface area contributed by atoms with Gasteiger partial charge in [0.25, 0.3) is 11.8 Å². The number of rotatable bonds is 3. The normalized spacial score (nSPS) is 10.0. The Morgan fingerprint density at radius 3 is 2.48 bits per heavy atom. The summed E-state index contributed by atoms with van der Waals surface area (Å²) in [6.45, 7) is 0. The maximum absolute atomic E-state index is 12.4. The first-order valence-corrected chi connectivity index (χ1v) is 7.97. The van der Waals surface area contributed by atoms with Crippen LogP contribution in [-0.4, -0.2) is 18.9 Å². The van der Waals surface area contributed by atoms with Gasteiger partial charge in [-0.1, -0.05) is 12.1 Å². The number of hydrogen-bond acceptors (Lipinski definition) is 2. The highest BCUT2D eigenvalue weighted by molar-refractivity contribution is 14.1. The smallest absolute Gasteiger partial charge is 0.256 e. The summed E-state index contributed by atoms with van der Waals surface area (Å²) in [5.41, 5.74) is 1.43. The lowest BCUT2D eigenvalue weighted by Gasteiger charge is -2.11. The van der Waals surface area contributed by atoms with E-state index >= 15 is 0 Å². The van der Waals surface area contributed by atoms with Crippen molar-refractivity contribution in [1.82, 2.24) is 5.32 Å². The standard InChI is InChI=1S/C15H12BrIN2O2/c1-18-14(20)10-4-2-3-5-13(10)19-15(21)11-8-9(17)6-7-12(11)16/h2-8H,1H3,(H,18,20)(H,19,21). The molecule has 0 atom stereocenters. The molecular weight excluding hydrogens is 447 g/mol. The average Bonchev–Trinajstić information content (AvgIpc) is 2.49. The van der Waals surface area contributed by atoms with E-state index in [1.54, 1.807) is 37.4 Å². The zero-order chi connectivity index (χ0) is 15.4. The highest BCUT2D eigenvalue weighted by atomic mass is 127. The molecule has 4 nitrogen and oxygen atoms in total. The van der Waals surface area contributed by atoms with Gasteiger partial charge in [-0.05, 0) is 68.9 Å². The van der Waals surface area contributed by atoms with Crippen LogP contribution in [0.2, 0.25) is 0 Å². The van der Waals surface area contributed by atoms with Crippen LogP contribution in [0.15, 0.2) is 46.9 Å². The fraction of sp³-hybridized carbons (Fsp3) is 0.0667. The Morgan fingerprint density at radius 2 is 1.76 bits per heavy atom. The van der Waals surface area contributed by atoms with E-state index in [0.717, 1.165) is 3.57 Å². The lowest BCUT2D eigenvalue weighted by Crippen LogP contribution is -2.21. The van der Waals surface area contributed by atoms with E-state index in [-0.39, 0.29) is 11.8 Å². The second kappa shape index (κ2) is 7.04. The summed E-state index contributed by atoms with van der Waals surface area (Å²) < 4.78 is 1.67. The van der Waals surface area contributed by atoms with Crippen LogP contribution in [0, 0.1) is 3.57 Å². The number of hydrogen-bond donors (Lipinski definition) is 2. The summed E-state index contributed by atoms with van der Waals surface area (Å²) >= 11 is 5.51. The predicted molar refractivity (Wildman–Crippen MR) is 94.6 cm³/mol. The second-order valence-electron chi connectivity index (χ2n) is 4.20. The number of nitrogens with one attached hydrogen (secondary N) is 2. The van der Waals surface area contributed by atoms with Gasteiger partial charge < -0.3 is 10.6 Å². The van der Waals surface area contributed by atoms with Gasteiger partial charge in [0.2, 0.25) is 0 Å². The van der Waals surface area contributed by atoms with Gasteiger partial charge in [0, 0.05) is 15.1 Å². The molecule has 0 aliphatic carbocycles. The molecule has 6 heteroatoms. The Bertz CT molecular complexity index is 704. The van der Waals surface area contributed by atoms with E-state index in [1.165, 1.54) is 0 Å². The molecule has 2 aromatic carbocycles. The monoisotopic (exact) mass is 458 g/mol. The van der Waals surface area contributed by atoms with Crippen LogP contribution < -0.4 is 10.6 Å². The van der Waals surface area contributed by atoms with E-state index in [1.807, 2.05) is 12.1 Å². The summed E-state index contributed by atoms with van der Waals surface area (Å²) in [6.07, 6.45) is 0. The van der Waals surface area contributed by atoms with Crippen molar-refractivity contribution < 1.29 is 9.59 Å². The summed E-state index contributed by atoms with van der Waals surface area (Å²) in [6, 6.07) is 12.4. The Balaban J connectivity index is 2.32. The molecule has 0 heterocycles. The topological polar surface area (TPSA) is 58.2 Å². The van der Waals surface area contributed by atoms with Gasteiger partial charge in [-0.25, -0.2) is 0 Å². The van der Waals surface area contributed by atoms with Gasteiger partial charge in [0.05, 0.1) is 16.8 Å². The lowest BCUT2D eigenvalue weighted by molar-refractivity contribution is 0.0964. The number of benzene rings is 2. The molecule has 2 N–H and O–H groups in total. The molecule has 0 radical (unpaired) electrons. The van der Waals surface area contributed by atoms with Crippen LogP contribution in [0.1, 0.15) is 20.7 Å². The number of carbonyl (C=O) groups is 2. The third-order valence-electron chi connectivity index (χ3n) is 2.82. The quantitative estimate of drug-likeness (QED) is 0.689. The fourth-order valence-electron chi connectivity index (χ4n) is 1.79. The molecule has 2 amide bonds. The van der Waals surface area contributed by atoms with Crippen LogP contribution in [0.25, 0.3) is 0 Å². The fourth-order valence-corrected chi connectivity index (χ4v) is 2.70. The maximum atomic E-state index is 12.4. The molecule has 0 unspecified atom stereocenters. The van der Waals surface area contributed by atoms with Gasteiger partial charge in [-0.15, -0.1) is 0 Å². The summed E-state index contributed by atoms with van der Waals surface area (Å²) in [5.74, 6) is -0.510. The van der Waals surface area contributed by atoms with Crippen molar-refractivity contribution in [3.05, 3.63) is 61.6 Å². The third-order valence-corrected chi connectivity index (χ3v) is 4.18. The van der Waals surface area contributed by atoms with E-state index in [2.05, 4.69) is 49.2 Å². The van der Waals surface area contributed by atoms with Crippen molar-refractivity contribution >= 4 is 56.0 Å². The maximum Gasteiger partial charge on any atom is 0.256 e. The van der Waals surface area contributed by atoms with Crippen LogP contribution in [0.5, 0.6) is 0 Å². The number of carbonyl (C=O) groups excluding carboxylic acids is 2. The first kappa shape index (κ1) is 16.0. The second-order valence-corrected chi connectivity index (χ2v) is 6.30. The SMILES string of the molecule is CNC(=O)c1ccccc1NC(=O)c1cc(I)ccc1Br. The molecule has 0 aromatic heterocycles. The molecule has 0 aliphatic rings. The minimum atomic E-state index is -0.267. The van der Waals surface area contributed by atoms with Gasteiger partial charge in [0.1, 0.15) is 0 Å². The van der Waals surface area contributed by atoms with E-state index < -0.39 is 0 Å². The minimum absolute atomic E-state index is 0.243. The van der Waals surface area contributed by atoms with Gasteiger partial charge in [-0.2, -0.15) is 0 Å². The van der Waals surface area contributed by atoms with Crippen LogP contribution in [0.4, 0.5) is 5.69 Å². The summed E-state index contributed by atoms with van der Waals surface area (Å²) in [7, 11) is 1.55. The zero-order valence-electron chi connectivity index (χ0n) is 11.1. The largest absolute Gasteiger partial charge is 0.355 e. The molecule has 0 fully saturated rings. The zero-order valence-corrected chi connectivity index (χ0v) is 14.9. The van der Waals surface area contributed by atoms with Crippen LogP contribution in [-0.2, 0) is 0 Å². The van der Waals surface area contributed by atoms with E-state index in [0.29, 0.717) is 21.3 Å². The molecule has 0 bridgehead atoms. The van der Waals surface area contributed by atoms with Crippen LogP contribution >= 0.6 is 38.5 Å². The highest BCUT2D eigenvalue weighted by Crippen LogP contribution is 2.22. The van der Waals surface area contributed by atoms with Crippen molar-refractivity contribution in [3.8, 4) is 0 Å². The Labute approximate surface area is 144 Å². The van der Waals surface area contributed by atoms with Crippen molar-refractivity contribution in [2.45, 2.75) is 0 Å². The molecule has 2 rings (SSSR count). The van der Waals surface area contributed by atoms with E-state index in [4.69, 9.17) is 0 Å². The molecule has 21 heavy (non-hydrogen) atoms. The van der Waals surface area contributed by atoms with E-state index in [9.17, 15) is 9.59 Å². The molecule has 0 saturated carbocycles. The molecule has 0 saturated heterocycles. The van der Waals surface area contributed by atoms with Crippen molar-refractivity contribution in [1.29, 1.82) is 0 Å². The predicted octanol–water partition coefficient (Wildman–Crippen LogP) is 3.67. The Kier molecular flexibility index (Phi) is 5.35. The van der Waals surface area contributed by atoms with Crippen molar-refractivity contribution in [2.24, 2.45) is 0 Å². The molecule has 0 spiro atoms. The molecule has 108 valence electrons. The number of anilines is 1. The first-order valence-electron chi connectivity index (χ1n) is 6.10. The molecule has 0 aliphatic heterocycles. The third kappa shape index (κ3) is 3.82. The summed E-state index contributed by atoms with van der Waals surface area (Å²) in [4.78, 5) is 24.2. The average molecular weight is 459 g/mol. The number of para-hydroxylation sites is 1. The molecular formula is C15H12BrIN2O2. The minimum Gasteiger partial charge on any atom is -0.355 e. The van der Waals surface area contributed by atoms with Crippen molar-refractivity contribution in [2.75, 3.05) is 12.4 Å². The van der Waals surface area contributed by atoms with Gasteiger partial charge in [-0.3, -0.25) is 9.59 Å². The van der Waals surface area contributed by atoms with Crippen molar-refractivity contribution in [3.63, 3.8) is 0 Å². The lowest BCUT2D eigenvalue weighted by atomic mass is 10.1. The highest BCUT2D eigenvalue weighted by Gasteiger charge is 2.15. The number of amides is 2.